The zero-order valence-electron chi connectivity index (χ0n) is 11.2. The van der Waals surface area contributed by atoms with E-state index in [4.69, 9.17) is 15.2 Å². The highest BCUT2D eigenvalue weighted by molar-refractivity contribution is 8.09. The van der Waals surface area contributed by atoms with E-state index < -0.39 is 0 Å². The highest BCUT2D eigenvalue weighted by atomic mass is 32.2. The van der Waals surface area contributed by atoms with Crippen LogP contribution in [-0.2, 0) is 14.3 Å². The van der Waals surface area contributed by atoms with Crippen LogP contribution >= 0.6 is 23.5 Å². The van der Waals surface area contributed by atoms with E-state index in [0.29, 0.717) is 13.2 Å². The fraction of sp³-hybridized carbons (Fsp3) is 0.615. The first kappa shape index (κ1) is 14.8. The van der Waals surface area contributed by atoms with Crippen molar-refractivity contribution in [3.8, 4) is 0 Å². The molecule has 0 fully saturated rings. The molecule has 0 aromatic carbocycles. The number of thioether (sulfide) groups is 2. The van der Waals surface area contributed by atoms with E-state index in [0.717, 1.165) is 22.0 Å². The van der Waals surface area contributed by atoms with Crippen LogP contribution in [0.5, 0.6) is 0 Å². The Kier molecular flexibility index (Phi) is 5.24. The Bertz CT molecular complexity index is 420. The predicted molar refractivity (Wildman–Crippen MR) is 79.7 cm³/mol. The van der Waals surface area contributed by atoms with Crippen LogP contribution in [0.3, 0.4) is 0 Å². The summed E-state index contributed by atoms with van der Waals surface area (Å²) in [5, 5.41) is 0. The van der Waals surface area contributed by atoms with Crippen LogP contribution in [0.4, 0.5) is 0 Å². The normalized spacial score (nSPS) is 28.5. The highest BCUT2D eigenvalue weighted by Gasteiger charge is 2.41. The summed E-state index contributed by atoms with van der Waals surface area (Å²) in [5.74, 6) is 1.21. The van der Waals surface area contributed by atoms with Crippen LogP contribution in [0.1, 0.15) is 13.8 Å². The van der Waals surface area contributed by atoms with E-state index in [-0.39, 0.29) is 17.9 Å². The lowest BCUT2D eigenvalue weighted by atomic mass is 9.93. The molecule has 0 bridgehead atoms. The fourth-order valence-corrected chi connectivity index (χ4v) is 4.72. The first-order valence-corrected chi connectivity index (χ1v) is 8.38. The number of esters is 1. The predicted octanol–water partition coefficient (Wildman–Crippen LogP) is 2.12. The molecule has 2 aliphatic heterocycles. The molecule has 2 aliphatic rings. The molecule has 0 spiro atoms. The van der Waals surface area contributed by atoms with Crippen LogP contribution < -0.4 is 5.73 Å². The molecule has 2 atom stereocenters. The standard InChI is InChI=1S/C13H19NO3S2/c1-3-16-5-9-12(13(15)17-4-2)11-8(14)6-18-7-10(11)19-9/h5,8,12H,3-4,6-7,14H2,1-2H3. The lowest BCUT2D eigenvalue weighted by Gasteiger charge is -2.23. The van der Waals surface area contributed by atoms with Gasteiger partial charge in [0.15, 0.2) is 0 Å². The molecule has 0 aromatic heterocycles. The number of hydrogen-bond acceptors (Lipinski definition) is 6. The van der Waals surface area contributed by atoms with Gasteiger partial charge in [-0.25, -0.2) is 0 Å². The number of nitrogens with two attached hydrogens (primary N) is 1. The molecule has 0 saturated heterocycles. The summed E-state index contributed by atoms with van der Waals surface area (Å²) in [6.45, 7) is 4.71. The van der Waals surface area contributed by atoms with Crippen LogP contribution in [0.25, 0.3) is 0 Å². The van der Waals surface area contributed by atoms with Crippen molar-refractivity contribution in [3.05, 3.63) is 21.6 Å². The molecule has 0 amide bonds. The molecule has 2 rings (SSSR count). The van der Waals surface area contributed by atoms with Gasteiger partial charge in [0, 0.05) is 27.4 Å². The molecule has 6 heteroatoms. The van der Waals surface area contributed by atoms with Gasteiger partial charge in [-0.3, -0.25) is 4.79 Å². The fourth-order valence-electron chi connectivity index (χ4n) is 2.20. The number of ether oxygens (including phenoxy) is 2. The summed E-state index contributed by atoms with van der Waals surface area (Å²) in [6.07, 6.45) is 1.68. The van der Waals surface area contributed by atoms with Crippen LogP contribution in [0, 0.1) is 5.92 Å². The van der Waals surface area contributed by atoms with Crippen LogP contribution in [0.15, 0.2) is 21.6 Å². The van der Waals surface area contributed by atoms with E-state index >= 15 is 0 Å². The molecule has 2 heterocycles. The average molecular weight is 301 g/mol. The first-order valence-electron chi connectivity index (χ1n) is 6.41. The number of carbonyl (C=O) groups is 1. The average Bonchev–Trinajstić information content (AvgIpc) is 2.76. The third-order valence-electron chi connectivity index (χ3n) is 2.98. The Labute approximate surface area is 122 Å². The van der Waals surface area contributed by atoms with E-state index in [1.54, 1.807) is 18.0 Å². The second kappa shape index (κ2) is 6.72. The van der Waals surface area contributed by atoms with Crippen molar-refractivity contribution < 1.29 is 14.3 Å². The molecular formula is C13H19NO3S2. The van der Waals surface area contributed by atoms with Crippen molar-refractivity contribution in [1.82, 2.24) is 0 Å². The second-order valence-corrected chi connectivity index (χ2v) is 6.46. The van der Waals surface area contributed by atoms with E-state index in [9.17, 15) is 4.79 Å². The molecule has 0 radical (unpaired) electrons. The maximum Gasteiger partial charge on any atom is 0.318 e. The Hall–Kier alpha value is -0.590. The molecule has 0 aromatic rings. The van der Waals surface area contributed by atoms with Crippen LogP contribution in [-0.4, -0.2) is 36.7 Å². The van der Waals surface area contributed by atoms with Gasteiger partial charge in [-0.05, 0) is 19.4 Å². The molecular weight excluding hydrogens is 282 g/mol. The summed E-state index contributed by atoms with van der Waals surface area (Å²) < 4.78 is 10.5. The van der Waals surface area contributed by atoms with Gasteiger partial charge in [0.05, 0.1) is 19.5 Å². The van der Waals surface area contributed by atoms with Gasteiger partial charge in [-0.1, -0.05) is 11.8 Å². The summed E-state index contributed by atoms with van der Waals surface area (Å²) in [6, 6.07) is -0.0665. The van der Waals surface area contributed by atoms with Gasteiger partial charge in [0.25, 0.3) is 0 Å². The third kappa shape index (κ3) is 3.12. The molecule has 106 valence electrons. The van der Waals surface area contributed by atoms with Crippen molar-refractivity contribution >= 4 is 29.5 Å². The lowest BCUT2D eigenvalue weighted by Crippen LogP contribution is -2.34. The smallest absolute Gasteiger partial charge is 0.318 e. The van der Waals surface area contributed by atoms with Crippen molar-refractivity contribution in [1.29, 1.82) is 0 Å². The Balaban J connectivity index is 2.28. The van der Waals surface area contributed by atoms with E-state index in [1.807, 2.05) is 25.6 Å². The van der Waals surface area contributed by atoms with Crippen molar-refractivity contribution in [2.24, 2.45) is 11.7 Å². The van der Waals surface area contributed by atoms with Gasteiger partial charge in [0.2, 0.25) is 0 Å². The topological polar surface area (TPSA) is 61.5 Å². The highest BCUT2D eigenvalue weighted by Crippen LogP contribution is 2.50. The maximum atomic E-state index is 12.2. The molecule has 0 aliphatic carbocycles. The van der Waals surface area contributed by atoms with Crippen molar-refractivity contribution in [3.63, 3.8) is 0 Å². The number of hydrogen-bond donors (Lipinski definition) is 1. The Morgan fingerprint density at radius 3 is 2.95 bits per heavy atom. The Morgan fingerprint density at radius 2 is 2.26 bits per heavy atom. The molecule has 0 saturated carbocycles. The summed E-state index contributed by atoms with van der Waals surface area (Å²) in [7, 11) is 0. The SMILES string of the molecule is CCOC=C1SC2=C(C(N)CSC2)C1C(=O)OCC. The van der Waals surface area contributed by atoms with Crippen molar-refractivity contribution in [2.45, 2.75) is 19.9 Å². The minimum atomic E-state index is -0.359. The van der Waals surface area contributed by atoms with Gasteiger partial charge in [0.1, 0.15) is 5.92 Å². The number of carbonyl (C=O) groups excluding carboxylic acids is 1. The van der Waals surface area contributed by atoms with Gasteiger partial charge in [-0.2, -0.15) is 11.8 Å². The Morgan fingerprint density at radius 1 is 1.47 bits per heavy atom. The van der Waals surface area contributed by atoms with E-state index in [1.165, 1.54) is 4.91 Å². The van der Waals surface area contributed by atoms with Gasteiger partial charge >= 0.3 is 5.97 Å². The minimum absolute atomic E-state index is 0.0665. The van der Waals surface area contributed by atoms with Crippen molar-refractivity contribution in [2.75, 3.05) is 24.7 Å². The first-order chi connectivity index (χ1) is 9.19. The second-order valence-electron chi connectivity index (χ2n) is 4.26. The molecule has 4 nitrogen and oxygen atoms in total. The molecule has 2 unspecified atom stereocenters. The maximum absolute atomic E-state index is 12.2. The largest absolute Gasteiger partial charge is 0.501 e. The molecule has 2 N–H and O–H groups in total. The lowest BCUT2D eigenvalue weighted by molar-refractivity contribution is -0.145. The summed E-state index contributed by atoms with van der Waals surface area (Å²) >= 11 is 3.42. The summed E-state index contributed by atoms with van der Waals surface area (Å²) in [5.41, 5.74) is 7.20. The van der Waals surface area contributed by atoms with Crippen LogP contribution in [0.2, 0.25) is 0 Å². The monoisotopic (exact) mass is 301 g/mol. The van der Waals surface area contributed by atoms with Gasteiger partial charge in [-0.15, -0.1) is 0 Å². The summed E-state index contributed by atoms with van der Waals surface area (Å²) in [4.78, 5) is 14.3. The van der Waals surface area contributed by atoms with Gasteiger partial charge < -0.3 is 15.2 Å². The number of rotatable bonds is 4. The molecule has 19 heavy (non-hydrogen) atoms. The minimum Gasteiger partial charge on any atom is -0.501 e. The van der Waals surface area contributed by atoms with E-state index in [2.05, 4.69) is 0 Å². The zero-order chi connectivity index (χ0) is 13.8. The zero-order valence-corrected chi connectivity index (χ0v) is 12.8. The third-order valence-corrected chi connectivity index (χ3v) is 5.44. The quantitative estimate of drug-likeness (QED) is 0.634.